The largest absolute Gasteiger partial charge is 0.497 e. The number of rotatable bonds is 8. The maximum absolute atomic E-state index is 11.7. The van der Waals surface area contributed by atoms with Gasteiger partial charge < -0.3 is 15.4 Å². The molecule has 3 aromatic rings. The lowest BCUT2D eigenvalue weighted by molar-refractivity contribution is -0.383. The van der Waals surface area contributed by atoms with Gasteiger partial charge in [-0.2, -0.15) is 0 Å². The summed E-state index contributed by atoms with van der Waals surface area (Å²) in [4.78, 5) is 30.7. The minimum Gasteiger partial charge on any atom is -0.497 e. The van der Waals surface area contributed by atoms with Gasteiger partial charge in [-0.3, -0.25) is 14.9 Å². The first-order chi connectivity index (χ1) is 14.0. The van der Waals surface area contributed by atoms with Gasteiger partial charge in [-0.25, -0.2) is 9.97 Å². The van der Waals surface area contributed by atoms with Crippen molar-refractivity contribution in [1.29, 1.82) is 0 Å². The summed E-state index contributed by atoms with van der Waals surface area (Å²) in [6.07, 6.45) is 1.24. The quantitative estimate of drug-likeness (QED) is 0.335. The molecular weight excluding hydrogens is 374 g/mol. The third kappa shape index (κ3) is 4.83. The molecule has 0 fully saturated rings. The summed E-state index contributed by atoms with van der Waals surface area (Å²) >= 11 is 0. The van der Waals surface area contributed by atoms with E-state index in [9.17, 15) is 14.9 Å². The monoisotopic (exact) mass is 393 g/mol. The van der Waals surface area contributed by atoms with E-state index in [-0.39, 0.29) is 23.1 Å². The highest BCUT2D eigenvalue weighted by molar-refractivity contribution is 5.95. The highest BCUT2D eigenvalue weighted by atomic mass is 16.6. The molecule has 0 aliphatic heterocycles. The molecule has 0 saturated carbocycles. The van der Waals surface area contributed by atoms with Crippen LogP contribution in [0.25, 0.3) is 0 Å². The number of Topliss-reactive ketones (excluding diaryl/α,β-unsaturated/α-hetero) is 1. The summed E-state index contributed by atoms with van der Waals surface area (Å²) in [5.41, 5.74) is 1.63. The first-order valence-electron chi connectivity index (χ1n) is 8.72. The molecule has 2 aromatic carbocycles. The van der Waals surface area contributed by atoms with Crippen molar-refractivity contribution in [3.63, 3.8) is 0 Å². The number of anilines is 3. The Balaban J connectivity index is 1.84. The van der Waals surface area contributed by atoms with Crippen molar-refractivity contribution >= 4 is 28.8 Å². The molecule has 0 spiro atoms. The molecule has 2 N–H and O–H groups in total. The lowest BCUT2D eigenvalue weighted by Gasteiger charge is -2.11. The second-order valence-electron chi connectivity index (χ2n) is 6.14. The molecule has 0 bridgehead atoms. The lowest BCUT2D eigenvalue weighted by atomic mass is 10.1. The fraction of sp³-hybridized carbons (Fsp3) is 0.150. The molecule has 0 aliphatic carbocycles. The van der Waals surface area contributed by atoms with Crippen LogP contribution >= 0.6 is 0 Å². The smallest absolute Gasteiger partial charge is 0.353 e. The van der Waals surface area contributed by atoms with Gasteiger partial charge in [-0.15, -0.1) is 0 Å². The van der Waals surface area contributed by atoms with Crippen LogP contribution < -0.4 is 15.4 Å². The van der Waals surface area contributed by atoms with Crippen LogP contribution in [0.3, 0.4) is 0 Å². The van der Waals surface area contributed by atoms with E-state index >= 15 is 0 Å². The fourth-order valence-corrected chi connectivity index (χ4v) is 2.65. The van der Waals surface area contributed by atoms with Crippen molar-refractivity contribution in [2.24, 2.45) is 0 Å². The number of carbonyl (C=O) groups is 1. The number of carbonyl (C=O) groups excluding carboxylic acids is 1. The molecule has 0 saturated heterocycles. The molecule has 3 rings (SSSR count). The fourth-order valence-electron chi connectivity index (χ4n) is 2.65. The SMILES string of the molecule is COc1ccc(CNc2ncnc(Nc3cccc(C(C)=O)c3)c2[N+](=O)[O-])cc1. The van der Waals surface area contributed by atoms with Gasteiger partial charge in [0.15, 0.2) is 5.78 Å². The third-order valence-corrected chi connectivity index (χ3v) is 4.16. The zero-order valence-electron chi connectivity index (χ0n) is 15.9. The zero-order chi connectivity index (χ0) is 20.8. The summed E-state index contributed by atoms with van der Waals surface area (Å²) in [5, 5.41) is 17.6. The van der Waals surface area contributed by atoms with Crippen molar-refractivity contribution in [2.75, 3.05) is 17.7 Å². The number of benzene rings is 2. The Morgan fingerprint density at radius 2 is 1.86 bits per heavy atom. The van der Waals surface area contributed by atoms with Crippen molar-refractivity contribution in [2.45, 2.75) is 13.5 Å². The predicted octanol–water partition coefficient (Wildman–Crippen LogP) is 3.95. The average molecular weight is 393 g/mol. The number of nitrogens with zero attached hydrogens (tertiary/aromatic N) is 3. The van der Waals surface area contributed by atoms with Gasteiger partial charge in [0.2, 0.25) is 11.6 Å². The minimum absolute atomic E-state index is 0.0305. The van der Waals surface area contributed by atoms with Crippen LogP contribution in [0.15, 0.2) is 54.9 Å². The van der Waals surface area contributed by atoms with Crippen LogP contribution in [0.2, 0.25) is 0 Å². The molecule has 0 unspecified atom stereocenters. The van der Waals surface area contributed by atoms with E-state index in [1.54, 1.807) is 43.5 Å². The molecule has 0 amide bonds. The van der Waals surface area contributed by atoms with Gasteiger partial charge in [0.1, 0.15) is 12.1 Å². The maximum Gasteiger partial charge on any atom is 0.353 e. The van der Waals surface area contributed by atoms with Crippen LogP contribution in [0.5, 0.6) is 5.75 Å². The molecule has 148 valence electrons. The second kappa shape index (κ2) is 8.79. The summed E-state index contributed by atoms with van der Waals surface area (Å²) in [5.74, 6) is 0.739. The van der Waals surface area contributed by atoms with Gasteiger partial charge in [-0.1, -0.05) is 24.3 Å². The molecule has 0 atom stereocenters. The highest BCUT2D eigenvalue weighted by Crippen LogP contribution is 2.31. The molecule has 1 heterocycles. The van der Waals surface area contributed by atoms with E-state index in [0.29, 0.717) is 17.8 Å². The van der Waals surface area contributed by atoms with Gasteiger partial charge in [0.05, 0.1) is 12.0 Å². The van der Waals surface area contributed by atoms with E-state index in [1.807, 2.05) is 12.1 Å². The van der Waals surface area contributed by atoms with E-state index in [4.69, 9.17) is 4.74 Å². The number of ether oxygens (including phenoxy) is 1. The predicted molar refractivity (Wildman–Crippen MR) is 109 cm³/mol. The zero-order valence-corrected chi connectivity index (χ0v) is 15.9. The highest BCUT2D eigenvalue weighted by Gasteiger charge is 2.23. The average Bonchev–Trinajstić information content (AvgIpc) is 2.72. The Morgan fingerprint density at radius 3 is 2.52 bits per heavy atom. The molecule has 0 aliphatic rings. The van der Waals surface area contributed by atoms with Crippen LogP contribution in [0.1, 0.15) is 22.8 Å². The van der Waals surface area contributed by atoms with Crippen molar-refractivity contribution in [1.82, 2.24) is 9.97 Å². The van der Waals surface area contributed by atoms with Crippen molar-refractivity contribution < 1.29 is 14.5 Å². The van der Waals surface area contributed by atoms with Crippen LogP contribution in [0.4, 0.5) is 23.0 Å². The molecular formula is C20H19N5O4. The second-order valence-corrected chi connectivity index (χ2v) is 6.14. The number of aromatic nitrogens is 2. The van der Waals surface area contributed by atoms with E-state index in [1.165, 1.54) is 13.3 Å². The number of ketones is 1. The summed E-state index contributed by atoms with van der Waals surface area (Å²) in [6, 6.07) is 14.0. The number of nitrogens with one attached hydrogen (secondary N) is 2. The van der Waals surface area contributed by atoms with Crippen LogP contribution in [0, 0.1) is 10.1 Å². The summed E-state index contributed by atoms with van der Waals surface area (Å²) < 4.78 is 5.12. The Bertz CT molecular complexity index is 1040. The van der Waals surface area contributed by atoms with Gasteiger partial charge in [-0.05, 0) is 36.8 Å². The van der Waals surface area contributed by atoms with E-state index in [2.05, 4.69) is 20.6 Å². The van der Waals surface area contributed by atoms with Gasteiger partial charge in [0, 0.05) is 17.8 Å². The first-order valence-corrected chi connectivity index (χ1v) is 8.72. The third-order valence-electron chi connectivity index (χ3n) is 4.16. The molecule has 9 nitrogen and oxygen atoms in total. The molecule has 9 heteroatoms. The molecule has 29 heavy (non-hydrogen) atoms. The number of methoxy groups -OCH3 is 1. The normalized spacial score (nSPS) is 10.3. The van der Waals surface area contributed by atoms with Crippen molar-refractivity contribution in [3.8, 4) is 5.75 Å². The Hall–Kier alpha value is -4.01. The Labute approximate surface area is 166 Å². The number of nitro groups is 1. The van der Waals surface area contributed by atoms with Crippen LogP contribution in [-0.4, -0.2) is 27.8 Å². The Kier molecular flexibility index (Phi) is 5.98. The number of hydrogen-bond donors (Lipinski definition) is 2. The topological polar surface area (TPSA) is 119 Å². The summed E-state index contributed by atoms with van der Waals surface area (Å²) in [7, 11) is 1.58. The van der Waals surface area contributed by atoms with Crippen molar-refractivity contribution in [3.05, 3.63) is 76.1 Å². The standard InChI is InChI=1S/C20H19N5O4/c1-13(26)15-4-3-5-16(10-15)24-20-18(25(27)28)19(22-12-23-20)21-11-14-6-8-17(29-2)9-7-14/h3-10,12H,11H2,1-2H3,(H2,21,22,23,24). The Morgan fingerprint density at radius 1 is 1.14 bits per heavy atom. The van der Waals surface area contributed by atoms with Crippen LogP contribution in [-0.2, 0) is 6.54 Å². The van der Waals surface area contributed by atoms with E-state index < -0.39 is 4.92 Å². The first kappa shape index (κ1) is 19.7. The van der Waals surface area contributed by atoms with Gasteiger partial charge >= 0.3 is 5.69 Å². The minimum atomic E-state index is -0.548. The summed E-state index contributed by atoms with van der Waals surface area (Å²) in [6.45, 7) is 1.79. The van der Waals surface area contributed by atoms with Gasteiger partial charge in [0.25, 0.3) is 0 Å². The lowest BCUT2D eigenvalue weighted by Crippen LogP contribution is -2.08. The maximum atomic E-state index is 11.7. The number of hydrogen-bond acceptors (Lipinski definition) is 8. The molecule has 0 radical (unpaired) electrons. The molecule has 1 aromatic heterocycles. The van der Waals surface area contributed by atoms with E-state index in [0.717, 1.165) is 11.3 Å².